The topological polar surface area (TPSA) is 48.9 Å². The Morgan fingerprint density at radius 1 is 1.10 bits per heavy atom. The quantitative estimate of drug-likeness (QED) is 0.326. The molecular formula is C23H33IN4O. The van der Waals surface area contributed by atoms with Crippen molar-refractivity contribution in [2.75, 3.05) is 40.3 Å². The van der Waals surface area contributed by atoms with Crippen molar-refractivity contribution in [3.05, 3.63) is 65.7 Å². The first-order valence-corrected chi connectivity index (χ1v) is 10.1. The molecule has 6 heteroatoms. The molecule has 2 N–H and O–H groups in total. The molecule has 1 unspecified atom stereocenters. The second-order valence-electron chi connectivity index (χ2n) is 7.31. The summed E-state index contributed by atoms with van der Waals surface area (Å²) in [6.07, 6.45) is 2.37. The van der Waals surface area contributed by atoms with Gasteiger partial charge in [-0.15, -0.1) is 24.0 Å². The molecule has 1 heterocycles. The van der Waals surface area contributed by atoms with Gasteiger partial charge in [-0.05, 0) is 36.9 Å². The highest BCUT2D eigenvalue weighted by atomic mass is 127. The van der Waals surface area contributed by atoms with Gasteiger partial charge in [0.25, 0.3) is 0 Å². The van der Waals surface area contributed by atoms with Gasteiger partial charge in [0.1, 0.15) is 5.75 Å². The normalized spacial score (nSPS) is 16.9. The SMILES string of the molecule is CN=C(NCc1ccccc1OC)NCC1CCN(CCc2ccccc2)C1.I. The van der Waals surface area contributed by atoms with Crippen LogP contribution in [0.4, 0.5) is 0 Å². The molecule has 29 heavy (non-hydrogen) atoms. The third-order valence-corrected chi connectivity index (χ3v) is 5.35. The van der Waals surface area contributed by atoms with E-state index in [0.29, 0.717) is 12.5 Å². The summed E-state index contributed by atoms with van der Waals surface area (Å²) in [6.45, 7) is 5.13. The fourth-order valence-electron chi connectivity index (χ4n) is 3.70. The second-order valence-corrected chi connectivity index (χ2v) is 7.31. The van der Waals surface area contributed by atoms with E-state index < -0.39 is 0 Å². The van der Waals surface area contributed by atoms with E-state index in [1.54, 1.807) is 7.11 Å². The van der Waals surface area contributed by atoms with Crippen molar-refractivity contribution in [1.82, 2.24) is 15.5 Å². The molecule has 1 saturated heterocycles. The lowest BCUT2D eigenvalue weighted by Gasteiger charge is -2.18. The minimum Gasteiger partial charge on any atom is -0.496 e. The zero-order valence-electron chi connectivity index (χ0n) is 17.4. The first kappa shape index (κ1) is 23.5. The van der Waals surface area contributed by atoms with E-state index in [1.165, 1.54) is 18.5 Å². The summed E-state index contributed by atoms with van der Waals surface area (Å²) < 4.78 is 5.41. The van der Waals surface area contributed by atoms with Gasteiger partial charge in [-0.25, -0.2) is 0 Å². The number of rotatable bonds is 8. The lowest BCUT2D eigenvalue weighted by atomic mass is 10.1. The van der Waals surface area contributed by atoms with Crippen molar-refractivity contribution in [2.24, 2.45) is 10.9 Å². The number of para-hydroxylation sites is 1. The van der Waals surface area contributed by atoms with Gasteiger partial charge in [0.05, 0.1) is 7.11 Å². The van der Waals surface area contributed by atoms with Crippen LogP contribution in [0.1, 0.15) is 17.5 Å². The molecule has 0 spiro atoms. The number of hydrogen-bond acceptors (Lipinski definition) is 3. The third kappa shape index (κ3) is 7.51. The molecular weight excluding hydrogens is 475 g/mol. The van der Waals surface area contributed by atoms with Gasteiger partial charge in [-0.2, -0.15) is 0 Å². The summed E-state index contributed by atoms with van der Waals surface area (Å²) in [7, 11) is 3.52. The van der Waals surface area contributed by atoms with Gasteiger partial charge in [-0.3, -0.25) is 4.99 Å². The monoisotopic (exact) mass is 508 g/mol. The number of benzene rings is 2. The Labute approximate surface area is 192 Å². The van der Waals surface area contributed by atoms with Crippen LogP contribution in [-0.2, 0) is 13.0 Å². The molecule has 1 atom stereocenters. The Balaban J connectivity index is 0.00000300. The molecule has 0 saturated carbocycles. The molecule has 0 amide bonds. The van der Waals surface area contributed by atoms with Crippen LogP contribution in [0.2, 0.25) is 0 Å². The van der Waals surface area contributed by atoms with Crippen LogP contribution < -0.4 is 15.4 Å². The fourth-order valence-corrected chi connectivity index (χ4v) is 3.70. The molecule has 5 nitrogen and oxygen atoms in total. The number of likely N-dealkylation sites (tertiary alicyclic amines) is 1. The summed E-state index contributed by atoms with van der Waals surface area (Å²) in [5, 5.41) is 6.87. The van der Waals surface area contributed by atoms with Gasteiger partial charge in [0, 0.05) is 38.8 Å². The summed E-state index contributed by atoms with van der Waals surface area (Å²) in [4.78, 5) is 6.93. The van der Waals surface area contributed by atoms with Crippen molar-refractivity contribution >= 4 is 29.9 Å². The maximum absolute atomic E-state index is 5.41. The minimum atomic E-state index is 0. The van der Waals surface area contributed by atoms with Crippen LogP contribution in [0, 0.1) is 5.92 Å². The highest BCUT2D eigenvalue weighted by Gasteiger charge is 2.22. The average Bonchev–Trinajstić information content (AvgIpc) is 3.21. The first-order chi connectivity index (χ1) is 13.8. The van der Waals surface area contributed by atoms with E-state index >= 15 is 0 Å². The fraction of sp³-hybridized carbons (Fsp3) is 0.435. The van der Waals surface area contributed by atoms with E-state index in [1.807, 2.05) is 25.2 Å². The maximum atomic E-state index is 5.41. The Bertz CT molecular complexity index is 754. The van der Waals surface area contributed by atoms with Crippen molar-refractivity contribution in [2.45, 2.75) is 19.4 Å². The standard InChI is InChI=1S/C23H32N4O.HI/c1-24-23(26-17-21-10-6-7-11-22(21)28-2)25-16-20-13-15-27(18-20)14-12-19-8-4-3-5-9-19;/h3-11,20H,12-18H2,1-2H3,(H2,24,25,26);1H. The van der Waals surface area contributed by atoms with Crippen LogP contribution in [0.5, 0.6) is 5.75 Å². The van der Waals surface area contributed by atoms with E-state index in [2.05, 4.69) is 56.9 Å². The van der Waals surface area contributed by atoms with Gasteiger partial charge in [0.2, 0.25) is 0 Å². The minimum absolute atomic E-state index is 0. The largest absolute Gasteiger partial charge is 0.496 e. The highest BCUT2D eigenvalue weighted by molar-refractivity contribution is 14.0. The molecule has 2 aromatic rings. The summed E-state index contributed by atoms with van der Waals surface area (Å²) in [5.74, 6) is 2.41. The molecule has 0 aromatic heterocycles. The predicted molar refractivity (Wildman–Crippen MR) is 131 cm³/mol. The van der Waals surface area contributed by atoms with E-state index in [-0.39, 0.29) is 24.0 Å². The first-order valence-electron chi connectivity index (χ1n) is 10.1. The Hall–Kier alpha value is -1.80. The molecule has 3 rings (SSSR count). The van der Waals surface area contributed by atoms with Crippen LogP contribution in [0.15, 0.2) is 59.6 Å². The summed E-state index contributed by atoms with van der Waals surface area (Å²) >= 11 is 0. The molecule has 2 aromatic carbocycles. The molecule has 158 valence electrons. The predicted octanol–water partition coefficient (Wildman–Crippen LogP) is 3.54. The number of guanidine groups is 1. The van der Waals surface area contributed by atoms with Crippen LogP contribution in [0.25, 0.3) is 0 Å². The zero-order chi connectivity index (χ0) is 19.6. The molecule has 0 bridgehead atoms. The van der Waals surface area contributed by atoms with E-state index in [0.717, 1.165) is 43.3 Å². The van der Waals surface area contributed by atoms with Crippen molar-refractivity contribution in [3.63, 3.8) is 0 Å². The molecule has 0 radical (unpaired) electrons. The molecule has 1 aliphatic heterocycles. The summed E-state index contributed by atoms with van der Waals surface area (Å²) in [5.41, 5.74) is 2.55. The highest BCUT2D eigenvalue weighted by Crippen LogP contribution is 2.17. The third-order valence-electron chi connectivity index (χ3n) is 5.35. The maximum Gasteiger partial charge on any atom is 0.191 e. The van der Waals surface area contributed by atoms with Gasteiger partial charge in [-0.1, -0.05) is 48.5 Å². The van der Waals surface area contributed by atoms with Gasteiger partial charge >= 0.3 is 0 Å². The smallest absolute Gasteiger partial charge is 0.191 e. The Morgan fingerprint density at radius 2 is 1.86 bits per heavy atom. The Morgan fingerprint density at radius 3 is 2.62 bits per heavy atom. The lowest BCUT2D eigenvalue weighted by Crippen LogP contribution is -2.40. The van der Waals surface area contributed by atoms with Crippen molar-refractivity contribution in [1.29, 1.82) is 0 Å². The molecule has 1 fully saturated rings. The van der Waals surface area contributed by atoms with Gasteiger partial charge < -0.3 is 20.3 Å². The average molecular weight is 508 g/mol. The zero-order valence-corrected chi connectivity index (χ0v) is 19.8. The summed E-state index contributed by atoms with van der Waals surface area (Å²) in [6, 6.07) is 18.8. The number of ether oxygens (including phenoxy) is 1. The molecule has 0 aliphatic carbocycles. The van der Waals surface area contributed by atoms with Crippen molar-refractivity contribution < 1.29 is 4.74 Å². The van der Waals surface area contributed by atoms with E-state index in [9.17, 15) is 0 Å². The number of aliphatic imine (C=N–C) groups is 1. The van der Waals surface area contributed by atoms with Crippen LogP contribution in [0.3, 0.4) is 0 Å². The number of nitrogens with zero attached hydrogens (tertiary/aromatic N) is 2. The van der Waals surface area contributed by atoms with Crippen LogP contribution >= 0.6 is 24.0 Å². The lowest BCUT2D eigenvalue weighted by molar-refractivity contribution is 0.328. The Kier molecular flexibility index (Phi) is 10.3. The van der Waals surface area contributed by atoms with Gasteiger partial charge in [0.15, 0.2) is 5.96 Å². The van der Waals surface area contributed by atoms with Crippen molar-refractivity contribution in [3.8, 4) is 5.75 Å². The van der Waals surface area contributed by atoms with E-state index in [4.69, 9.17) is 4.74 Å². The number of methoxy groups -OCH3 is 1. The second kappa shape index (κ2) is 12.7. The van der Waals surface area contributed by atoms with Crippen LogP contribution in [-0.4, -0.2) is 51.2 Å². The number of hydrogen-bond donors (Lipinski definition) is 2. The number of halogens is 1. The number of nitrogens with one attached hydrogen (secondary N) is 2. The molecule has 1 aliphatic rings.